The van der Waals surface area contributed by atoms with Gasteiger partial charge in [-0.1, -0.05) is 19.9 Å². The Bertz CT molecular complexity index is 1050. The van der Waals surface area contributed by atoms with Crippen LogP contribution in [0.5, 0.6) is 11.5 Å². The standard InChI is InChI=1S/C28H43NO11/c1-16(2)18(5)35-23(32)40-28(22(30)31,29-17(3)4)15-19-12-13-20(36-24(33)38-26(6,7)8)21(14-19)37-25(34)39-27(9,10)11/h12-14,16-18,29H,15H2,1-11H3,(H,30,31)/t18?,28-/m0/s1. The Morgan fingerprint density at radius 1 is 0.775 bits per heavy atom. The summed E-state index contributed by atoms with van der Waals surface area (Å²) in [5, 5.41) is 12.9. The summed E-state index contributed by atoms with van der Waals surface area (Å²) in [6.45, 7) is 18.5. The molecule has 1 rings (SSSR count). The van der Waals surface area contributed by atoms with Crippen molar-refractivity contribution in [1.29, 1.82) is 0 Å². The zero-order valence-corrected chi connectivity index (χ0v) is 25.2. The first-order chi connectivity index (χ1) is 18.1. The van der Waals surface area contributed by atoms with Gasteiger partial charge in [-0.05, 0) is 85.9 Å². The van der Waals surface area contributed by atoms with E-state index in [4.69, 9.17) is 28.4 Å². The third-order valence-electron chi connectivity index (χ3n) is 4.97. The molecule has 1 unspecified atom stereocenters. The molecule has 2 N–H and O–H groups in total. The first-order valence-corrected chi connectivity index (χ1v) is 13.0. The van der Waals surface area contributed by atoms with Crippen LogP contribution in [0.4, 0.5) is 14.4 Å². The van der Waals surface area contributed by atoms with Crippen LogP contribution < -0.4 is 14.8 Å². The van der Waals surface area contributed by atoms with Crippen molar-refractivity contribution in [3.63, 3.8) is 0 Å². The zero-order chi connectivity index (χ0) is 31.1. The van der Waals surface area contributed by atoms with Crippen LogP contribution in [0.3, 0.4) is 0 Å². The van der Waals surface area contributed by atoms with Gasteiger partial charge in [0.15, 0.2) is 11.5 Å². The predicted octanol–water partition coefficient (Wildman–Crippen LogP) is 5.83. The highest BCUT2D eigenvalue weighted by molar-refractivity contribution is 5.80. The molecule has 0 fully saturated rings. The third kappa shape index (κ3) is 12.1. The Kier molecular flexibility index (Phi) is 11.8. The summed E-state index contributed by atoms with van der Waals surface area (Å²) in [4.78, 5) is 49.8. The number of benzene rings is 1. The zero-order valence-electron chi connectivity index (χ0n) is 25.2. The molecule has 1 aromatic rings. The number of carboxylic acids is 1. The molecule has 0 aliphatic rings. The second-order valence-electron chi connectivity index (χ2n) is 11.9. The van der Waals surface area contributed by atoms with E-state index in [1.54, 1.807) is 62.3 Å². The van der Waals surface area contributed by atoms with E-state index in [1.807, 2.05) is 13.8 Å². The van der Waals surface area contributed by atoms with Crippen LogP contribution in [0.2, 0.25) is 0 Å². The Labute approximate surface area is 235 Å². The lowest BCUT2D eigenvalue weighted by molar-refractivity contribution is -0.168. The molecule has 40 heavy (non-hydrogen) atoms. The van der Waals surface area contributed by atoms with Gasteiger partial charge in [0.25, 0.3) is 5.72 Å². The van der Waals surface area contributed by atoms with Gasteiger partial charge in [0.2, 0.25) is 0 Å². The van der Waals surface area contributed by atoms with E-state index in [1.165, 1.54) is 18.2 Å². The molecule has 12 heteroatoms. The molecule has 0 aliphatic carbocycles. The van der Waals surface area contributed by atoms with E-state index in [-0.39, 0.29) is 23.0 Å². The number of carbonyl (C=O) groups is 4. The Morgan fingerprint density at radius 3 is 1.70 bits per heavy atom. The van der Waals surface area contributed by atoms with Crippen molar-refractivity contribution in [3.8, 4) is 11.5 Å². The summed E-state index contributed by atoms with van der Waals surface area (Å²) in [6.07, 6.45) is -4.27. The van der Waals surface area contributed by atoms with Gasteiger partial charge in [-0.15, -0.1) is 0 Å². The largest absolute Gasteiger partial charge is 0.514 e. The SMILES string of the molecule is CC(C)N[C@@](Cc1ccc(OC(=O)OC(C)(C)C)c(OC(=O)OC(C)(C)C)c1)(OC(=O)OC(C)C(C)C)C(=O)O. The molecule has 0 saturated heterocycles. The highest BCUT2D eigenvalue weighted by Crippen LogP contribution is 2.32. The number of rotatable bonds is 10. The fourth-order valence-electron chi connectivity index (χ4n) is 3.05. The Hall–Kier alpha value is -3.54. The topological polar surface area (TPSA) is 156 Å². The smallest absolute Gasteiger partial charge is 0.477 e. The molecule has 226 valence electrons. The van der Waals surface area contributed by atoms with Crippen LogP contribution in [0.25, 0.3) is 0 Å². The van der Waals surface area contributed by atoms with E-state index in [0.717, 1.165) is 0 Å². The monoisotopic (exact) mass is 569 g/mol. The summed E-state index contributed by atoms with van der Waals surface area (Å²) in [5.41, 5.74) is -3.75. The lowest BCUT2D eigenvalue weighted by Crippen LogP contribution is -2.59. The molecule has 2 atom stereocenters. The molecule has 0 bridgehead atoms. The van der Waals surface area contributed by atoms with Crippen LogP contribution in [-0.4, -0.2) is 58.6 Å². The molecule has 0 heterocycles. The van der Waals surface area contributed by atoms with Gasteiger partial charge in [0.1, 0.15) is 17.3 Å². The maximum Gasteiger partial charge on any atom is 0.514 e. The van der Waals surface area contributed by atoms with Gasteiger partial charge in [-0.3, -0.25) is 5.32 Å². The van der Waals surface area contributed by atoms with Crippen molar-refractivity contribution in [2.24, 2.45) is 5.92 Å². The molecule has 1 aromatic carbocycles. The first kappa shape index (κ1) is 34.5. The fraction of sp³-hybridized carbons (Fsp3) is 0.643. The number of aliphatic carboxylic acids is 1. The number of hydrogen-bond acceptors (Lipinski definition) is 11. The lowest BCUT2D eigenvalue weighted by atomic mass is 10.0. The second-order valence-corrected chi connectivity index (χ2v) is 11.9. The highest BCUT2D eigenvalue weighted by Gasteiger charge is 2.45. The Balaban J connectivity index is 3.47. The quantitative estimate of drug-likeness (QED) is 0.151. The summed E-state index contributed by atoms with van der Waals surface area (Å²) >= 11 is 0. The van der Waals surface area contributed by atoms with E-state index < -0.39 is 59.9 Å². The number of carboxylic acid groups (broad SMARTS) is 1. The molecule has 0 saturated carbocycles. The second kappa shape index (κ2) is 13.7. The van der Waals surface area contributed by atoms with Crippen LogP contribution in [0.15, 0.2) is 18.2 Å². The molecule has 0 radical (unpaired) electrons. The summed E-state index contributed by atoms with van der Waals surface area (Å²) in [5.74, 6) is -1.96. The molecule has 12 nitrogen and oxygen atoms in total. The minimum Gasteiger partial charge on any atom is -0.477 e. The number of hydrogen-bond donors (Lipinski definition) is 2. The number of ether oxygens (including phenoxy) is 6. The number of carbonyl (C=O) groups excluding carboxylic acids is 3. The van der Waals surface area contributed by atoms with Crippen molar-refractivity contribution in [1.82, 2.24) is 5.32 Å². The molecule has 0 aliphatic heterocycles. The summed E-state index contributed by atoms with van der Waals surface area (Å²) < 4.78 is 31.5. The predicted molar refractivity (Wildman–Crippen MR) is 144 cm³/mol. The van der Waals surface area contributed by atoms with Gasteiger partial charge in [0.05, 0.1) is 0 Å². The highest BCUT2D eigenvalue weighted by atomic mass is 16.8. The molecule has 0 aromatic heterocycles. The first-order valence-electron chi connectivity index (χ1n) is 13.0. The van der Waals surface area contributed by atoms with Gasteiger partial charge >= 0.3 is 24.4 Å². The molecular formula is C28H43NO11. The average molecular weight is 570 g/mol. The average Bonchev–Trinajstić information content (AvgIpc) is 2.71. The van der Waals surface area contributed by atoms with E-state index in [0.29, 0.717) is 0 Å². The normalized spacial score (nSPS) is 14.1. The third-order valence-corrected chi connectivity index (χ3v) is 4.97. The van der Waals surface area contributed by atoms with Gasteiger partial charge in [0, 0.05) is 12.5 Å². The van der Waals surface area contributed by atoms with E-state index in [9.17, 15) is 24.3 Å². The van der Waals surface area contributed by atoms with Crippen LogP contribution in [0, 0.1) is 5.92 Å². The van der Waals surface area contributed by atoms with Crippen LogP contribution in [-0.2, 0) is 30.2 Å². The van der Waals surface area contributed by atoms with Crippen molar-refractivity contribution in [3.05, 3.63) is 23.8 Å². The molecule has 0 spiro atoms. The minimum atomic E-state index is -2.25. The van der Waals surface area contributed by atoms with E-state index >= 15 is 0 Å². The summed E-state index contributed by atoms with van der Waals surface area (Å²) in [7, 11) is 0. The number of nitrogens with one attached hydrogen (secondary N) is 1. The van der Waals surface area contributed by atoms with Crippen LogP contribution in [0.1, 0.15) is 81.7 Å². The minimum absolute atomic E-state index is 0.0325. The van der Waals surface area contributed by atoms with Gasteiger partial charge < -0.3 is 33.5 Å². The maximum atomic E-state index is 12.6. The maximum absolute atomic E-state index is 12.6. The van der Waals surface area contributed by atoms with Crippen LogP contribution >= 0.6 is 0 Å². The van der Waals surface area contributed by atoms with Crippen molar-refractivity contribution >= 4 is 24.4 Å². The van der Waals surface area contributed by atoms with Crippen molar-refractivity contribution < 1.29 is 52.7 Å². The van der Waals surface area contributed by atoms with Gasteiger partial charge in [-0.25, -0.2) is 19.2 Å². The van der Waals surface area contributed by atoms with Gasteiger partial charge in [-0.2, -0.15) is 0 Å². The summed E-state index contributed by atoms with van der Waals surface area (Å²) in [6, 6.07) is 3.56. The molecular weight excluding hydrogens is 526 g/mol. The lowest BCUT2D eigenvalue weighted by Gasteiger charge is -2.32. The Morgan fingerprint density at radius 2 is 1.27 bits per heavy atom. The molecule has 0 amide bonds. The van der Waals surface area contributed by atoms with Crippen molar-refractivity contribution in [2.45, 2.75) is 112 Å². The van der Waals surface area contributed by atoms with E-state index in [2.05, 4.69) is 5.32 Å². The van der Waals surface area contributed by atoms with Crippen molar-refractivity contribution in [2.75, 3.05) is 0 Å². The fourth-order valence-corrected chi connectivity index (χ4v) is 3.05.